The van der Waals surface area contributed by atoms with Crippen molar-refractivity contribution in [3.63, 3.8) is 0 Å². The summed E-state index contributed by atoms with van der Waals surface area (Å²) in [6.07, 6.45) is 0. The number of anilines is 2. The Bertz CT molecular complexity index is 1030. The molecule has 6 nitrogen and oxygen atoms in total. The summed E-state index contributed by atoms with van der Waals surface area (Å²) in [7, 11) is 1.88. The van der Waals surface area contributed by atoms with Gasteiger partial charge in [0.25, 0.3) is 0 Å². The summed E-state index contributed by atoms with van der Waals surface area (Å²) < 4.78 is 5.41. The maximum absolute atomic E-state index is 12.6. The molecule has 4 rings (SSSR count). The number of aromatic hydroxyl groups is 1. The lowest BCUT2D eigenvalue weighted by Crippen LogP contribution is -2.36. The van der Waals surface area contributed by atoms with E-state index in [4.69, 9.17) is 4.74 Å². The van der Waals surface area contributed by atoms with Crippen molar-refractivity contribution in [2.45, 2.75) is 6.54 Å². The number of likely N-dealkylation sites (N-methyl/N-ethyl adjacent to an activating group) is 1. The molecule has 0 unspecified atom stereocenters. The minimum absolute atomic E-state index is 0.0867. The molecule has 0 radical (unpaired) electrons. The molecule has 0 atom stereocenters. The summed E-state index contributed by atoms with van der Waals surface area (Å²) in [5, 5.41) is 15.4. The maximum atomic E-state index is 12.6. The number of carbonyl (C=O) groups excluding carboxylic acids is 1. The lowest BCUT2D eigenvalue weighted by atomic mass is 10.0. The summed E-state index contributed by atoms with van der Waals surface area (Å²) in [6.45, 7) is 3.87. The molecule has 6 heteroatoms. The van der Waals surface area contributed by atoms with Gasteiger partial charge >= 0.3 is 0 Å². The molecular weight excluding hydrogens is 378 g/mol. The Balaban J connectivity index is 1.39. The number of hydrogen-bond donors (Lipinski definition) is 2. The molecule has 3 aromatic rings. The van der Waals surface area contributed by atoms with Crippen molar-refractivity contribution in [1.29, 1.82) is 0 Å². The molecule has 30 heavy (non-hydrogen) atoms. The van der Waals surface area contributed by atoms with Crippen molar-refractivity contribution >= 4 is 28.1 Å². The minimum Gasteiger partial charge on any atom is -0.508 e. The number of hydrogen-bond acceptors (Lipinski definition) is 5. The molecule has 1 saturated heterocycles. The van der Waals surface area contributed by atoms with Gasteiger partial charge in [0.2, 0.25) is 5.91 Å². The predicted octanol–water partition coefficient (Wildman–Crippen LogP) is 3.45. The topological polar surface area (TPSA) is 65.0 Å². The van der Waals surface area contributed by atoms with E-state index in [-0.39, 0.29) is 18.2 Å². The van der Waals surface area contributed by atoms with Crippen LogP contribution in [0.15, 0.2) is 60.7 Å². The zero-order valence-corrected chi connectivity index (χ0v) is 17.2. The van der Waals surface area contributed by atoms with E-state index < -0.39 is 0 Å². The Labute approximate surface area is 176 Å². The number of amides is 1. The molecule has 2 N–H and O–H groups in total. The van der Waals surface area contributed by atoms with Gasteiger partial charge in [-0.15, -0.1) is 0 Å². The van der Waals surface area contributed by atoms with E-state index in [0.717, 1.165) is 54.0 Å². The third-order valence-electron chi connectivity index (χ3n) is 5.36. The summed E-state index contributed by atoms with van der Waals surface area (Å²) >= 11 is 0. The van der Waals surface area contributed by atoms with Crippen molar-refractivity contribution in [3.05, 3.63) is 66.2 Å². The van der Waals surface area contributed by atoms with Crippen molar-refractivity contribution in [2.75, 3.05) is 50.1 Å². The maximum Gasteiger partial charge on any atom is 0.238 e. The monoisotopic (exact) mass is 405 g/mol. The quantitative estimate of drug-likeness (QED) is 0.658. The Morgan fingerprint density at radius 3 is 2.73 bits per heavy atom. The Morgan fingerprint density at radius 1 is 1.10 bits per heavy atom. The lowest BCUT2D eigenvalue weighted by Gasteiger charge is -2.29. The number of carbonyl (C=O) groups is 1. The van der Waals surface area contributed by atoms with Crippen LogP contribution in [0.25, 0.3) is 10.8 Å². The van der Waals surface area contributed by atoms with Crippen LogP contribution in [0, 0.1) is 0 Å². The van der Waals surface area contributed by atoms with Crippen LogP contribution in [-0.2, 0) is 16.1 Å². The predicted molar refractivity (Wildman–Crippen MR) is 120 cm³/mol. The van der Waals surface area contributed by atoms with Crippen LogP contribution >= 0.6 is 0 Å². The van der Waals surface area contributed by atoms with Gasteiger partial charge < -0.3 is 20.1 Å². The summed E-state index contributed by atoms with van der Waals surface area (Å²) in [5.41, 5.74) is 2.70. The van der Waals surface area contributed by atoms with Crippen LogP contribution in [-0.4, -0.2) is 55.8 Å². The third-order valence-corrected chi connectivity index (χ3v) is 5.36. The summed E-state index contributed by atoms with van der Waals surface area (Å²) in [4.78, 5) is 16.8. The molecule has 0 aliphatic carbocycles. The van der Waals surface area contributed by atoms with E-state index in [2.05, 4.69) is 16.3 Å². The molecule has 0 spiro atoms. The molecule has 156 valence electrons. The molecule has 0 aromatic heterocycles. The first kappa shape index (κ1) is 20.2. The van der Waals surface area contributed by atoms with Crippen molar-refractivity contribution in [1.82, 2.24) is 4.90 Å². The Kier molecular flexibility index (Phi) is 6.16. The zero-order chi connectivity index (χ0) is 20.9. The fourth-order valence-electron chi connectivity index (χ4n) is 3.86. The van der Waals surface area contributed by atoms with Gasteiger partial charge in [-0.2, -0.15) is 0 Å². The van der Waals surface area contributed by atoms with Gasteiger partial charge in [0.05, 0.1) is 19.8 Å². The molecule has 0 bridgehead atoms. The van der Waals surface area contributed by atoms with E-state index in [1.54, 1.807) is 6.07 Å². The van der Waals surface area contributed by atoms with E-state index in [1.165, 1.54) is 0 Å². The normalized spacial score (nSPS) is 14.3. The number of ether oxygens (including phenoxy) is 1. The van der Waals surface area contributed by atoms with E-state index >= 15 is 0 Å². The number of nitrogens with one attached hydrogen (secondary N) is 1. The first-order chi connectivity index (χ1) is 14.6. The second-order valence-corrected chi connectivity index (χ2v) is 7.65. The Morgan fingerprint density at radius 2 is 1.90 bits per heavy atom. The van der Waals surface area contributed by atoms with Crippen LogP contribution in [0.3, 0.4) is 0 Å². The van der Waals surface area contributed by atoms with Crippen molar-refractivity contribution in [3.8, 4) is 5.75 Å². The number of phenolic OH excluding ortho intramolecular Hbond substituents is 1. The Hall–Kier alpha value is -3.09. The molecular formula is C24H27N3O3. The second kappa shape index (κ2) is 9.15. The number of fused-ring (bicyclic) bond motifs is 1. The molecule has 3 aromatic carbocycles. The van der Waals surface area contributed by atoms with Gasteiger partial charge in [-0.05, 0) is 42.1 Å². The first-order valence-electron chi connectivity index (χ1n) is 10.2. The number of rotatable bonds is 6. The molecule has 1 aliphatic heterocycles. The van der Waals surface area contributed by atoms with Crippen LogP contribution < -0.4 is 10.2 Å². The highest BCUT2D eigenvalue weighted by atomic mass is 16.5. The summed E-state index contributed by atoms with van der Waals surface area (Å²) in [6, 6.07) is 19.5. The fraction of sp³-hybridized carbons (Fsp3) is 0.292. The largest absolute Gasteiger partial charge is 0.508 e. The number of benzene rings is 3. The highest BCUT2D eigenvalue weighted by Crippen LogP contribution is 2.28. The highest BCUT2D eigenvalue weighted by molar-refractivity contribution is 5.93. The van der Waals surface area contributed by atoms with Crippen LogP contribution in [0.1, 0.15) is 5.56 Å². The molecule has 0 saturated carbocycles. The molecule has 1 heterocycles. The first-order valence-corrected chi connectivity index (χ1v) is 10.2. The van der Waals surface area contributed by atoms with Gasteiger partial charge in [0.15, 0.2) is 0 Å². The van der Waals surface area contributed by atoms with Crippen LogP contribution in [0.5, 0.6) is 5.75 Å². The van der Waals surface area contributed by atoms with Gasteiger partial charge in [0.1, 0.15) is 5.75 Å². The van der Waals surface area contributed by atoms with Gasteiger partial charge in [-0.1, -0.05) is 36.4 Å². The lowest BCUT2D eigenvalue weighted by molar-refractivity contribution is -0.117. The average Bonchev–Trinajstić information content (AvgIpc) is 2.76. The number of nitrogens with zero attached hydrogens (tertiary/aromatic N) is 2. The number of morpholine rings is 1. The smallest absolute Gasteiger partial charge is 0.238 e. The minimum atomic E-state index is -0.0867. The SMILES string of the molecule is CN(CC(=O)Nc1cccc(N2CCOCC2)c1)Cc1c(O)ccc2ccccc12. The molecule has 1 aliphatic rings. The van der Waals surface area contributed by atoms with Crippen LogP contribution in [0.4, 0.5) is 11.4 Å². The van der Waals surface area contributed by atoms with Gasteiger partial charge in [-0.25, -0.2) is 0 Å². The molecule has 1 fully saturated rings. The molecule has 1 amide bonds. The van der Waals surface area contributed by atoms with Crippen LogP contribution in [0.2, 0.25) is 0 Å². The van der Waals surface area contributed by atoms with E-state index in [0.29, 0.717) is 6.54 Å². The average molecular weight is 405 g/mol. The highest BCUT2D eigenvalue weighted by Gasteiger charge is 2.14. The van der Waals surface area contributed by atoms with E-state index in [9.17, 15) is 9.90 Å². The standard InChI is InChI=1S/C24H27N3O3/c1-26(16-22-21-8-3-2-5-18(21)9-10-23(22)28)17-24(29)25-19-6-4-7-20(15-19)27-11-13-30-14-12-27/h2-10,15,28H,11-14,16-17H2,1H3,(H,25,29). The van der Waals surface area contributed by atoms with Gasteiger partial charge in [-0.3, -0.25) is 9.69 Å². The fourth-order valence-corrected chi connectivity index (χ4v) is 3.86. The number of phenols is 1. The van der Waals surface area contributed by atoms with Gasteiger partial charge in [0, 0.05) is 36.6 Å². The summed E-state index contributed by atoms with van der Waals surface area (Å²) in [5.74, 6) is 0.163. The van der Waals surface area contributed by atoms with Crippen molar-refractivity contribution < 1.29 is 14.6 Å². The second-order valence-electron chi connectivity index (χ2n) is 7.65. The zero-order valence-electron chi connectivity index (χ0n) is 17.2. The third kappa shape index (κ3) is 4.72. The van der Waals surface area contributed by atoms with Crippen molar-refractivity contribution in [2.24, 2.45) is 0 Å². The van der Waals surface area contributed by atoms with E-state index in [1.807, 2.05) is 60.5 Å².